The molecule has 1 heterocycles. The Morgan fingerprint density at radius 1 is 1.36 bits per heavy atom. The highest BCUT2D eigenvalue weighted by Crippen LogP contribution is 2.44. The molecule has 2 aromatic rings. The lowest BCUT2D eigenvalue weighted by Crippen LogP contribution is -2.41. The number of benzene rings is 1. The van der Waals surface area contributed by atoms with Crippen molar-refractivity contribution in [1.82, 2.24) is 4.98 Å². The maximum atomic E-state index is 13.5. The van der Waals surface area contributed by atoms with Crippen LogP contribution in [0, 0.1) is 17.1 Å². The molecule has 3 rings (SSSR count). The minimum atomic E-state index is -0.213. The van der Waals surface area contributed by atoms with Gasteiger partial charge in [-0.3, -0.25) is 0 Å². The maximum Gasteiger partial charge on any atom is 0.143 e. The first-order valence-electron chi connectivity index (χ1n) is 7.29. The summed E-state index contributed by atoms with van der Waals surface area (Å²) in [7, 11) is 0. The predicted molar refractivity (Wildman–Crippen MR) is 83.8 cm³/mol. The first-order valence-corrected chi connectivity index (χ1v) is 7.29. The molecular formula is C17H17FN4. The Bertz CT molecular complexity index is 732. The van der Waals surface area contributed by atoms with Gasteiger partial charge in [0, 0.05) is 18.2 Å². The van der Waals surface area contributed by atoms with E-state index in [9.17, 15) is 9.65 Å². The standard InChI is InChI=1S/C17H17FN4/c18-13-4-1-3-12(9-13)17(6-2-7-17)11-22-15-5-8-21-16(20)14(15)10-19/h1,3-5,8-9H,2,6-7,11H2,(H3,20,21,22). The Labute approximate surface area is 128 Å². The smallest absolute Gasteiger partial charge is 0.143 e. The molecule has 112 valence electrons. The molecule has 1 aliphatic rings. The zero-order chi connectivity index (χ0) is 15.6. The normalized spacial score (nSPS) is 15.6. The Morgan fingerprint density at radius 2 is 2.18 bits per heavy atom. The minimum Gasteiger partial charge on any atom is -0.383 e. The van der Waals surface area contributed by atoms with Crippen molar-refractivity contribution in [3.63, 3.8) is 0 Å². The highest BCUT2D eigenvalue weighted by molar-refractivity contribution is 5.66. The van der Waals surface area contributed by atoms with Crippen LogP contribution in [0.1, 0.15) is 30.4 Å². The number of hydrogen-bond acceptors (Lipinski definition) is 4. The third-order valence-corrected chi connectivity index (χ3v) is 4.46. The number of rotatable bonds is 4. The van der Waals surface area contributed by atoms with Gasteiger partial charge in [0.1, 0.15) is 23.3 Å². The quantitative estimate of drug-likeness (QED) is 0.908. The van der Waals surface area contributed by atoms with E-state index in [0.29, 0.717) is 17.8 Å². The van der Waals surface area contributed by atoms with Crippen LogP contribution in [-0.2, 0) is 5.41 Å². The van der Waals surface area contributed by atoms with Crippen molar-refractivity contribution in [2.45, 2.75) is 24.7 Å². The minimum absolute atomic E-state index is 0.0765. The van der Waals surface area contributed by atoms with E-state index in [0.717, 1.165) is 24.8 Å². The van der Waals surface area contributed by atoms with Crippen molar-refractivity contribution in [3.8, 4) is 6.07 Å². The number of hydrogen-bond donors (Lipinski definition) is 2. The summed E-state index contributed by atoms with van der Waals surface area (Å²) < 4.78 is 13.5. The lowest BCUT2D eigenvalue weighted by Gasteiger charge is -2.43. The summed E-state index contributed by atoms with van der Waals surface area (Å²) in [6, 6.07) is 10.6. The Hall–Kier alpha value is -2.61. The van der Waals surface area contributed by atoms with Crippen molar-refractivity contribution in [1.29, 1.82) is 5.26 Å². The van der Waals surface area contributed by atoms with Gasteiger partial charge in [0.15, 0.2) is 0 Å². The van der Waals surface area contributed by atoms with E-state index in [1.165, 1.54) is 6.07 Å². The molecule has 1 fully saturated rings. The van der Waals surface area contributed by atoms with E-state index < -0.39 is 0 Å². The number of nitrogens with zero attached hydrogens (tertiary/aromatic N) is 2. The van der Waals surface area contributed by atoms with Crippen LogP contribution in [0.4, 0.5) is 15.9 Å². The van der Waals surface area contributed by atoms with E-state index in [4.69, 9.17) is 5.73 Å². The van der Waals surface area contributed by atoms with Crippen molar-refractivity contribution < 1.29 is 4.39 Å². The van der Waals surface area contributed by atoms with Crippen molar-refractivity contribution in [2.75, 3.05) is 17.6 Å². The number of nitriles is 1. The zero-order valence-corrected chi connectivity index (χ0v) is 12.1. The zero-order valence-electron chi connectivity index (χ0n) is 12.1. The number of aromatic nitrogens is 1. The molecule has 1 saturated carbocycles. The van der Waals surface area contributed by atoms with E-state index in [2.05, 4.69) is 16.4 Å². The monoisotopic (exact) mass is 296 g/mol. The van der Waals surface area contributed by atoms with Gasteiger partial charge in [-0.25, -0.2) is 9.37 Å². The first kappa shape index (κ1) is 14.3. The van der Waals surface area contributed by atoms with Crippen LogP contribution in [-0.4, -0.2) is 11.5 Å². The van der Waals surface area contributed by atoms with Crippen LogP contribution in [0.5, 0.6) is 0 Å². The lowest BCUT2D eigenvalue weighted by molar-refractivity contribution is 0.259. The number of anilines is 2. The molecule has 1 aromatic carbocycles. The van der Waals surface area contributed by atoms with Gasteiger partial charge in [0.25, 0.3) is 0 Å². The van der Waals surface area contributed by atoms with Crippen LogP contribution in [0.3, 0.4) is 0 Å². The van der Waals surface area contributed by atoms with Gasteiger partial charge < -0.3 is 11.1 Å². The summed E-state index contributed by atoms with van der Waals surface area (Å²) in [6.45, 7) is 0.647. The van der Waals surface area contributed by atoms with Gasteiger partial charge in [-0.15, -0.1) is 0 Å². The molecule has 5 heteroatoms. The van der Waals surface area contributed by atoms with Gasteiger partial charge >= 0.3 is 0 Å². The molecule has 3 N–H and O–H groups in total. The second-order valence-corrected chi connectivity index (χ2v) is 5.73. The molecule has 0 radical (unpaired) electrons. The molecule has 22 heavy (non-hydrogen) atoms. The van der Waals surface area contributed by atoms with E-state index in [1.54, 1.807) is 24.4 Å². The first-order chi connectivity index (χ1) is 10.6. The third kappa shape index (κ3) is 2.48. The largest absolute Gasteiger partial charge is 0.383 e. The molecule has 0 amide bonds. The summed E-state index contributed by atoms with van der Waals surface area (Å²) in [5.41, 5.74) is 7.69. The van der Waals surface area contributed by atoms with E-state index >= 15 is 0 Å². The molecule has 0 bridgehead atoms. The number of nitrogens with two attached hydrogens (primary N) is 1. The van der Waals surface area contributed by atoms with Crippen LogP contribution >= 0.6 is 0 Å². The van der Waals surface area contributed by atoms with Gasteiger partial charge in [-0.05, 0) is 36.6 Å². The summed E-state index contributed by atoms with van der Waals surface area (Å²) in [5.74, 6) is 0.00978. The Morgan fingerprint density at radius 3 is 2.82 bits per heavy atom. The average Bonchev–Trinajstić information content (AvgIpc) is 2.46. The average molecular weight is 296 g/mol. The molecular weight excluding hydrogens is 279 g/mol. The summed E-state index contributed by atoms with van der Waals surface area (Å²) >= 11 is 0. The second-order valence-electron chi connectivity index (χ2n) is 5.73. The molecule has 4 nitrogen and oxygen atoms in total. The summed E-state index contributed by atoms with van der Waals surface area (Å²) in [6.07, 6.45) is 4.72. The highest BCUT2D eigenvalue weighted by Gasteiger charge is 2.38. The van der Waals surface area contributed by atoms with Crippen LogP contribution < -0.4 is 11.1 Å². The lowest BCUT2D eigenvalue weighted by atomic mass is 9.64. The SMILES string of the molecule is N#Cc1c(NCC2(c3cccc(F)c3)CCC2)ccnc1N. The molecule has 1 aromatic heterocycles. The van der Waals surface area contributed by atoms with Crippen molar-refractivity contribution in [2.24, 2.45) is 0 Å². The molecule has 0 unspecified atom stereocenters. The Kier molecular flexibility index (Phi) is 3.68. The van der Waals surface area contributed by atoms with Gasteiger partial charge in [0.2, 0.25) is 0 Å². The van der Waals surface area contributed by atoms with Gasteiger partial charge in [0.05, 0.1) is 5.69 Å². The number of nitrogen functional groups attached to an aromatic ring is 1. The molecule has 0 spiro atoms. The topological polar surface area (TPSA) is 74.7 Å². The fourth-order valence-electron chi connectivity index (χ4n) is 3.00. The maximum absolute atomic E-state index is 13.5. The predicted octanol–water partition coefficient (Wildman–Crippen LogP) is 3.21. The highest BCUT2D eigenvalue weighted by atomic mass is 19.1. The van der Waals surface area contributed by atoms with Gasteiger partial charge in [-0.1, -0.05) is 18.6 Å². The van der Waals surface area contributed by atoms with Crippen LogP contribution in [0.2, 0.25) is 0 Å². The van der Waals surface area contributed by atoms with E-state index in [-0.39, 0.29) is 17.1 Å². The molecule has 0 aliphatic heterocycles. The third-order valence-electron chi connectivity index (χ3n) is 4.46. The van der Waals surface area contributed by atoms with Gasteiger partial charge in [-0.2, -0.15) is 5.26 Å². The molecule has 0 atom stereocenters. The molecule has 1 aliphatic carbocycles. The fraction of sp³-hybridized carbons (Fsp3) is 0.294. The molecule has 0 saturated heterocycles. The number of pyridine rings is 1. The fourth-order valence-corrected chi connectivity index (χ4v) is 3.00. The Balaban J connectivity index is 1.83. The van der Waals surface area contributed by atoms with Crippen LogP contribution in [0.15, 0.2) is 36.5 Å². The number of nitrogens with one attached hydrogen (secondary N) is 1. The summed E-state index contributed by atoms with van der Waals surface area (Å²) in [4.78, 5) is 3.92. The number of halogens is 1. The summed E-state index contributed by atoms with van der Waals surface area (Å²) in [5, 5.41) is 12.5. The van der Waals surface area contributed by atoms with Crippen molar-refractivity contribution in [3.05, 3.63) is 53.5 Å². The van der Waals surface area contributed by atoms with Crippen molar-refractivity contribution >= 4 is 11.5 Å². The van der Waals surface area contributed by atoms with Crippen LogP contribution in [0.25, 0.3) is 0 Å². The second kappa shape index (κ2) is 5.64. The van der Waals surface area contributed by atoms with E-state index in [1.807, 2.05) is 6.07 Å².